The SMILES string of the molecule is CC(C)n1cc([Si](C)(C)C)n(C(C)C)/c1=N/[Si](C)(C)C. The van der Waals surface area contributed by atoms with Gasteiger partial charge in [-0.15, -0.1) is 0 Å². The Kier molecular flexibility index (Phi) is 4.97. The molecule has 20 heavy (non-hydrogen) atoms. The molecule has 1 aromatic heterocycles. The van der Waals surface area contributed by atoms with Gasteiger partial charge in [0, 0.05) is 23.6 Å². The molecule has 0 amide bonds. The summed E-state index contributed by atoms with van der Waals surface area (Å²) in [7, 11) is -2.87. The van der Waals surface area contributed by atoms with E-state index in [1.807, 2.05) is 0 Å². The minimum absolute atomic E-state index is 0.459. The largest absolute Gasteiger partial charge is 0.317 e. The molecule has 1 rings (SSSR count). The summed E-state index contributed by atoms with van der Waals surface area (Å²) < 4.78 is 10.0. The zero-order valence-corrected chi connectivity index (χ0v) is 17.1. The molecule has 1 aromatic rings. The van der Waals surface area contributed by atoms with Crippen LogP contribution in [0.25, 0.3) is 0 Å². The van der Waals surface area contributed by atoms with E-state index in [0.29, 0.717) is 12.1 Å². The predicted molar refractivity (Wildman–Crippen MR) is 95.1 cm³/mol. The van der Waals surface area contributed by atoms with Gasteiger partial charge in [0.1, 0.15) is 8.07 Å². The number of nitrogens with zero attached hydrogens (tertiary/aromatic N) is 3. The Balaban J connectivity index is 3.79. The Morgan fingerprint density at radius 1 is 0.900 bits per heavy atom. The molecule has 0 aromatic carbocycles. The highest BCUT2D eigenvalue weighted by Crippen LogP contribution is 2.11. The Morgan fingerprint density at radius 3 is 1.70 bits per heavy atom. The Bertz CT molecular complexity index is 523. The van der Waals surface area contributed by atoms with Crippen molar-refractivity contribution < 1.29 is 0 Å². The Labute approximate surface area is 126 Å². The van der Waals surface area contributed by atoms with Crippen molar-refractivity contribution in [1.29, 1.82) is 0 Å². The van der Waals surface area contributed by atoms with Gasteiger partial charge in [0.05, 0.1) is 0 Å². The molecule has 0 aliphatic heterocycles. The summed E-state index contributed by atoms with van der Waals surface area (Å²) in [6, 6.07) is 0.923. The quantitative estimate of drug-likeness (QED) is 0.756. The molecule has 0 aliphatic carbocycles. The number of aromatic nitrogens is 2. The first-order valence-electron chi connectivity index (χ1n) is 7.74. The van der Waals surface area contributed by atoms with Crippen LogP contribution in [0.3, 0.4) is 0 Å². The van der Waals surface area contributed by atoms with Gasteiger partial charge in [-0.2, -0.15) is 0 Å². The molecule has 0 spiro atoms. The molecule has 3 nitrogen and oxygen atoms in total. The predicted octanol–water partition coefficient (Wildman–Crippen LogP) is 3.73. The number of hydrogen-bond acceptors (Lipinski definition) is 1. The highest BCUT2D eigenvalue weighted by molar-refractivity contribution is 6.88. The molecular formula is C15H33N3Si2. The van der Waals surface area contributed by atoms with E-state index in [1.54, 1.807) is 0 Å². The third-order valence-corrected chi connectivity index (χ3v) is 6.02. The number of imidazole rings is 1. The van der Waals surface area contributed by atoms with Crippen LogP contribution >= 0.6 is 0 Å². The summed E-state index contributed by atoms with van der Waals surface area (Å²) in [4.78, 5) is 0. The van der Waals surface area contributed by atoms with Crippen molar-refractivity contribution in [2.75, 3.05) is 0 Å². The minimum atomic E-state index is -1.50. The Morgan fingerprint density at radius 2 is 1.40 bits per heavy atom. The first-order valence-corrected chi connectivity index (χ1v) is 14.7. The molecule has 0 fully saturated rings. The van der Waals surface area contributed by atoms with Crippen molar-refractivity contribution in [2.45, 2.75) is 79.1 Å². The first kappa shape index (κ1) is 17.5. The highest BCUT2D eigenvalue weighted by atomic mass is 28.3. The molecule has 0 radical (unpaired) electrons. The molecule has 5 heteroatoms. The van der Waals surface area contributed by atoms with E-state index in [1.165, 1.54) is 10.9 Å². The van der Waals surface area contributed by atoms with Crippen LogP contribution in [0, 0.1) is 0 Å². The van der Waals surface area contributed by atoms with Gasteiger partial charge in [0.15, 0.2) is 13.9 Å². The fourth-order valence-electron chi connectivity index (χ4n) is 2.34. The van der Waals surface area contributed by atoms with Crippen molar-refractivity contribution >= 4 is 21.6 Å². The lowest BCUT2D eigenvalue weighted by molar-refractivity contribution is 0.515. The lowest BCUT2D eigenvalue weighted by atomic mass is 10.4. The van der Waals surface area contributed by atoms with Crippen LogP contribution in [-0.2, 0) is 0 Å². The van der Waals surface area contributed by atoms with Crippen molar-refractivity contribution in [2.24, 2.45) is 4.66 Å². The minimum Gasteiger partial charge on any atom is -0.317 e. The molecule has 0 aliphatic rings. The lowest BCUT2D eigenvalue weighted by Gasteiger charge is -2.22. The smallest absolute Gasteiger partial charge is 0.195 e. The van der Waals surface area contributed by atoms with Crippen molar-refractivity contribution in [3.8, 4) is 0 Å². The average Bonchev–Trinajstić information content (AvgIpc) is 2.53. The summed E-state index contributed by atoms with van der Waals surface area (Å²) >= 11 is 0. The van der Waals surface area contributed by atoms with Gasteiger partial charge in [-0.25, -0.2) is 0 Å². The lowest BCUT2D eigenvalue weighted by Crippen LogP contribution is -2.46. The van der Waals surface area contributed by atoms with Crippen molar-refractivity contribution in [1.82, 2.24) is 9.13 Å². The maximum absolute atomic E-state index is 5.16. The van der Waals surface area contributed by atoms with E-state index in [2.05, 4.69) is 82.3 Å². The van der Waals surface area contributed by atoms with Crippen LogP contribution < -0.4 is 10.9 Å². The summed E-state index contributed by atoms with van der Waals surface area (Å²) in [6.45, 7) is 23.2. The number of hydrogen-bond donors (Lipinski definition) is 0. The summed E-state index contributed by atoms with van der Waals surface area (Å²) in [6.07, 6.45) is 2.37. The molecule has 116 valence electrons. The van der Waals surface area contributed by atoms with Crippen LogP contribution in [0.1, 0.15) is 39.8 Å². The topological polar surface area (TPSA) is 22.2 Å². The van der Waals surface area contributed by atoms with Gasteiger partial charge in [-0.05, 0) is 47.3 Å². The summed E-state index contributed by atoms with van der Waals surface area (Å²) in [5.41, 5.74) is 1.19. The maximum atomic E-state index is 5.16. The molecule has 0 bridgehead atoms. The average molecular weight is 312 g/mol. The van der Waals surface area contributed by atoms with E-state index < -0.39 is 16.3 Å². The van der Waals surface area contributed by atoms with Gasteiger partial charge in [-0.3, -0.25) is 4.66 Å². The standard InChI is InChI=1S/C15H33N3Si2/c1-12(2)17-11-14(19(5,6)7)18(13(3)4)15(17)16-20(8,9)10/h11-13H,1-10H3/b16-15+. The van der Waals surface area contributed by atoms with Crippen LogP contribution in [-0.4, -0.2) is 25.4 Å². The zero-order valence-electron chi connectivity index (χ0n) is 15.1. The molecule has 0 N–H and O–H groups in total. The summed E-state index contributed by atoms with van der Waals surface area (Å²) in [5.74, 6) is 0. The van der Waals surface area contributed by atoms with Gasteiger partial charge in [0.25, 0.3) is 0 Å². The van der Waals surface area contributed by atoms with Gasteiger partial charge < -0.3 is 9.13 Å². The third kappa shape index (κ3) is 3.98. The summed E-state index contributed by atoms with van der Waals surface area (Å²) in [5, 5.41) is 1.51. The monoisotopic (exact) mass is 311 g/mol. The van der Waals surface area contributed by atoms with E-state index in [0.717, 1.165) is 0 Å². The second kappa shape index (κ2) is 5.68. The molecule has 0 unspecified atom stereocenters. The third-order valence-electron chi connectivity index (χ3n) is 3.24. The van der Waals surface area contributed by atoms with E-state index in [4.69, 9.17) is 4.66 Å². The second-order valence-electron chi connectivity index (χ2n) is 8.31. The van der Waals surface area contributed by atoms with Crippen LogP contribution in [0.15, 0.2) is 10.9 Å². The molecule has 0 saturated heterocycles. The Hall–Kier alpha value is -0.556. The molecule has 1 heterocycles. The fourth-order valence-corrected chi connectivity index (χ4v) is 4.77. The fraction of sp³-hybridized carbons (Fsp3) is 0.800. The van der Waals surface area contributed by atoms with E-state index >= 15 is 0 Å². The van der Waals surface area contributed by atoms with Crippen molar-refractivity contribution in [3.05, 3.63) is 11.8 Å². The maximum Gasteiger partial charge on any atom is 0.195 e. The first-order chi connectivity index (χ1) is 8.84. The second-order valence-corrected chi connectivity index (χ2v) is 17.9. The van der Waals surface area contributed by atoms with Gasteiger partial charge >= 0.3 is 0 Å². The van der Waals surface area contributed by atoms with E-state index in [9.17, 15) is 0 Å². The van der Waals surface area contributed by atoms with Crippen molar-refractivity contribution in [3.63, 3.8) is 0 Å². The van der Waals surface area contributed by atoms with Crippen LogP contribution in [0.5, 0.6) is 0 Å². The highest BCUT2D eigenvalue weighted by Gasteiger charge is 2.26. The number of rotatable bonds is 4. The zero-order chi connectivity index (χ0) is 15.9. The molecule has 0 saturated carbocycles. The normalized spacial score (nSPS) is 14.7. The van der Waals surface area contributed by atoms with Gasteiger partial charge in [0.2, 0.25) is 0 Å². The van der Waals surface area contributed by atoms with Crippen LogP contribution in [0.4, 0.5) is 0 Å². The van der Waals surface area contributed by atoms with Crippen LogP contribution in [0.2, 0.25) is 39.3 Å². The van der Waals surface area contributed by atoms with Gasteiger partial charge in [-0.1, -0.05) is 19.6 Å². The molecule has 0 atom stereocenters. The van der Waals surface area contributed by atoms with E-state index in [-0.39, 0.29) is 0 Å². The molecular weight excluding hydrogens is 278 g/mol.